The van der Waals surface area contributed by atoms with Crippen LogP contribution in [0.2, 0.25) is 0 Å². The first-order valence-corrected chi connectivity index (χ1v) is 8.45. The lowest BCUT2D eigenvalue weighted by Crippen LogP contribution is -2.22. The quantitative estimate of drug-likeness (QED) is 0.671. The summed E-state index contributed by atoms with van der Waals surface area (Å²) in [5, 5.41) is 2.78. The molecule has 1 aromatic heterocycles. The summed E-state index contributed by atoms with van der Waals surface area (Å²) in [6.07, 6.45) is 0.709. The molecule has 2 aromatic carbocycles. The third-order valence-electron chi connectivity index (χ3n) is 4.52. The van der Waals surface area contributed by atoms with Gasteiger partial charge in [-0.2, -0.15) is 0 Å². The van der Waals surface area contributed by atoms with Crippen LogP contribution in [0.4, 0.5) is 0 Å². The summed E-state index contributed by atoms with van der Waals surface area (Å²) < 4.78 is 8.11. The molecular formula is C20H23N3O2. The number of para-hydroxylation sites is 2. The van der Waals surface area contributed by atoms with Gasteiger partial charge in [0.15, 0.2) is 0 Å². The molecule has 25 heavy (non-hydrogen) atoms. The Morgan fingerprint density at radius 1 is 1.20 bits per heavy atom. The Hall–Kier alpha value is -2.82. The fourth-order valence-electron chi connectivity index (χ4n) is 2.96. The van der Waals surface area contributed by atoms with Crippen LogP contribution in [0, 0.1) is 13.8 Å². The maximum Gasteiger partial charge on any atom is 0.207 e. The first-order valence-electron chi connectivity index (χ1n) is 8.45. The molecule has 130 valence electrons. The molecule has 0 fully saturated rings. The van der Waals surface area contributed by atoms with Crippen LogP contribution in [-0.4, -0.2) is 22.6 Å². The third-order valence-corrected chi connectivity index (χ3v) is 4.52. The van der Waals surface area contributed by atoms with Crippen LogP contribution in [0.15, 0.2) is 42.5 Å². The average Bonchev–Trinajstić information content (AvgIpc) is 2.98. The number of ether oxygens (including phenoxy) is 1. The number of carbonyl (C=O) groups is 1. The van der Waals surface area contributed by atoms with Crippen molar-refractivity contribution in [3.8, 4) is 5.75 Å². The summed E-state index contributed by atoms with van der Waals surface area (Å²) in [7, 11) is 0. The highest BCUT2D eigenvalue weighted by molar-refractivity contribution is 5.76. The third kappa shape index (κ3) is 3.50. The number of imidazole rings is 1. The maximum absolute atomic E-state index is 10.8. The zero-order chi connectivity index (χ0) is 17.8. The van der Waals surface area contributed by atoms with Crippen molar-refractivity contribution >= 4 is 17.4 Å². The van der Waals surface area contributed by atoms with Gasteiger partial charge in [0.25, 0.3) is 0 Å². The van der Waals surface area contributed by atoms with Gasteiger partial charge in [0.1, 0.15) is 18.2 Å². The second-order valence-corrected chi connectivity index (χ2v) is 6.16. The molecule has 1 amide bonds. The van der Waals surface area contributed by atoms with Crippen LogP contribution in [-0.2, 0) is 11.3 Å². The second-order valence-electron chi connectivity index (χ2n) is 6.16. The summed E-state index contributed by atoms with van der Waals surface area (Å²) in [6.45, 7) is 7.27. The van der Waals surface area contributed by atoms with E-state index in [-0.39, 0.29) is 6.04 Å². The maximum atomic E-state index is 10.8. The van der Waals surface area contributed by atoms with Gasteiger partial charge < -0.3 is 14.6 Å². The predicted octanol–water partition coefficient (Wildman–Crippen LogP) is 3.54. The van der Waals surface area contributed by atoms with Crippen LogP contribution >= 0.6 is 0 Å². The topological polar surface area (TPSA) is 56.1 Å². The van der Waals surface area contributed by atoms with Crippen LogP contribution in [0.3, 0.4) is 0 Å². The normalized spacial score (nSPS) is 12.1. The van der Waals surface area contributed by atoms with Crippen molar-refractivity contribution < 1.29 is 9.53 Å². The highest BCUT2D eigenvalue weighted by atomic mass is 16.5. The summed E-state index contributed by atoms with van der Waals surface area (Å²) >= 11 is 0. The molecular weight excluding hydrogens is 314 g/mol. The van der Waals surface area contributed by atoms with Gasteiger partial charge in [0.2, 0.25) is 6.41 Å². The number of rotatable bonds is 7. The van der Waals surface area contributed by atoms with Crippen molar-refractivity contribution in [3.05, 3.63) is 59.4 Å². The van der Waals surface area contributed by atoms with Crippen molar-refractivity contribution in [2.24, 2.45) is 0 Å². The smallest absolute Gasteiger partial charge is 0.207 e. The van der Waals surface area contributed by atoms with E-state index in [1.165, 1.54) is 5.56 Å². The molecule has 3 aromatic rings. The molecule has 0 unspecified atom stereocenters. The first-order chi connectivity index (χ1) is 12.1. The van der Waals surface area contributed by atoms with E-state index in [4.69, 9.17) is 4.74 Å². The Labute approximate surface area is 147 Å². The highest BCUT2D eigenvalue weighted by Crippen LogP contribution is 2.23. The zero-order valence-corrected chi connectivity index (χ0v) is 14.8. The monoisotopic (exact) mass is 337 g/mol. The van der Waals surface area contributed by atoms with Crippen LogP contribution in [0.25, 0.3) is 11.0 Å². The lowest BCUT2D eigenvalue weighted by atomic mass is 10.1. The minimum atomic E-state index is -0.161. The molecule has 5 heteroatoms. The molecule has 1 atom stereocenters. The van der Waals surface area contributed by atoms with Crippen molar-refractivity contribution in [1.29, 1.82) is 0 Å². The van der Waals surface area contributed by atoms with Crippen LogP contribution in [0.1, 0.15) is 29.9 Å². The minimum Gasteiger partial charge on any atom is -0.491 e. The molecule has 0 aliphatic heterocycles. The van der Waals surface area contributed by atoms with E-state index in [9.17, 15) is 4.79 Å². The summed E-state index contributed by atoms with van der Waals surface area (Å²) in [4.78, 5) is 15.5. The Balaban J connectivity index is 1.83. The van der Waals surface area contributed by atoms with Gasteiger partial charge in [0.05, 0.1) is 23.6 Å². The van der Waals surface area contributed by atoms with E-state index in [2.05, 4.69) is 34.8 Å². The number of fused-ring (bicyclic) bond motifs is 1. The fourth-order valence-corrected chi connectivity index (χ4v) is 2.96. The molecule has 0 saturated carbocycles. The van der Waals surface area contributed by atoms with Gasteiger partial charge in [-0.1, -0.05) is 24.3 Å². The predicted molar refractivity (Wildman–Crippen MR) is 98.8 cm³/mol. The van der Waals surface area contributed by atoms with Gasteiger partial charge in [-0.25, -0.2) is 4.98 Å². The average molecular weight is 337 g/mol. The number of amides is 1. The van der Waals surface area contributed by atoms with Crippen LogP contribution < -0.4 is 10.1 Å². The van der Waals surface area contributed by atoms with Gasteiger partial charge in [-0.15, -0.1) is 0 Å². The van der Waals surface area contributed by atoms with Gasteiger partial charge in [-0.3, -0.25) is 4.79 Å². The van der Waals surface area contributed by atoms with Crippen molar-refractivity contribution in [2.75, 3.05) is 6.61 Å². The lowest BCUT2D eigenvalue weighted by Gasteiger charge is -2.15. The van der Waals surface area contributed by atoms with Crippen molar-refractivity contribution in [2.45, 2.75) is 33.4 Å². The van der Waals surface area contributed by atoms with Crippen molar-refractivity contribution in [1.82, 2.24) is 14.9 Å². The van der Waals surface area contributed by atoms with E-state index in [1.807, 2.05) is 43.3 Å². The summed E-state index contributed by atoms with van der Waals surface area (Å²) in [6, 6.07) is 13.9. The number of hydrogen-bond donors (Lipinski definition) is 1. The van der Waals surface area contributed by atoms with Crippen LogP contribution in [0.5, 0.6) is 5.75 Å². The Bertz CT molecular complexity index is 886. The molecule has 0 spiro atoms. The standard InChI is InChI=1S/C20H23N3O2/c1-14-7-6-10-19(15(14)2)25-12-11-23-18-9-5-4-8-17(18)22-20(23)16(3)21-13-24/h4-10,13,16H,11-12H2,1-3H3,(H,21,24)/t16-/m1/s1. The van der Waals surface area contributed by atoms with E-state index in [0.29, 0.717) is 19.6 Å². The summed E-state index contributed by atoms with van der Waals surface area (Å²) in [5.74, 6) is 1.74. The molecule has 5 nitrogen and oxygen atoms in total. The Morgan fingerprint density at radius 2 is 2.00 bits per heavy atom. The SMILES string of the molecule is Cc1cccc(OCCn2c([C@@H](C)NC=O)nc3ccccc32)c1C. The zero-order valence-electron chi connectivity index (χ0n) is 14.8. The largest absolute Gasteiger partial charge is 0.491 e. The lowest BCUT2D eigenvalue weighted by molar-refractivity contribution is -0.110. The number of aryl methyl sites for hydroxylation is 1. The molecule has 0 saturated heterocycles. The minimum absolute atomic E-state index is 0.161. The van der Waals surface area contributed by atoms with Gasteiger partial charge in [0, 0.05) is 0 Å². The van der Waals surface area contributed by atoms with E-state index >= 15 is 0 Å². The first kappa shape index (κ1) is 17.0. The van der Waals surface area contributed by atoms with Crippen molar-refractivity contribution in [3.63, 3.8) is 0 Å². The molecule has 0 aliphatic rings. The molecule has 3 rings (SSSR count). The number of hydrogen-bond acceptors (Lipinski definition) is 3. The number of nitrogens with zero attached hydrogens (tertiary/aromatic N) is 2. The molecule has 0 bridgehead atoms. The Kier molecular flexibility index (Phi) is 5.03. The molecule has 0 aliphatic carbocycles. The highest BCUT2D eigenvalue weighted by Gasteiger charge is 2.16. The van der Waals surface area contributed by atoms with Gasteiger partial charge in [-0.05, 0) is 50.1 Å². The number of nitrogens with one attached hydrogen (secondary N) is 1. The van der Waals surface area contributed by atoms with E-state index < -0.39 is 0 Å². The number of benzene rings is 2. The molecule has 0 radical (unpaired) electrons. The Morgan fingerprint density at radius 3 is 2.80 bits per heavy atom. The number of aromatic nitrogens is 2. The molecule has 1 heterocycles. The molecule has 1 N–H and O–H groups in total. The van der Waals surface area contributed by atoms with E-state index in [1.54, 1.807) is 0 Å². The number of carbonyl (C=O) groups excluding carboxylic acids is 1. The van der Waals surface area contributed by atoms with Gasteiger partial charge >= 0.3 is 0 Å². The summed E-state index contributed by atoms with van der Waals surface area (Å²) in [5.41, 5.74) is 4.34. The van der Waals surface area contributed by atoms with E-state index in [0.717, 1.165) is 28.2 Å². The fraction of sp³-hybridized carbons (Fsp3) is 0.300. The second kappa shape index (κ2) is 7.38.